The van der Waals surface area contributed by atoms with Gasteiger partial charge in [-0.25, -0.2) is 9.37 Å². The van der Waals surface area contributed by atoms with Gasteiger partial charge in [-0.3, -0.25) is 9.69 Å². The number of hydrogen-bond acceptors (Lipinski definition) is 4. The van der Waals surface area contributed by atoms with Crippen LogP contribution in [0.3, 0.4) is 0 Å². The van der Waals surface area contributed by atoms with Crippen molar-refractivity contribution < 1.29 is 18.8 Å². The van der Waals surface area contributed by atoms with E-state index in [4.69, 9.17) is 4.74 Å². The number of amides is 1. The zero-order chi connectivity index (χ0) is 20.1. The lowest BCUT2D eigenvalue weighted by atomic mass is 10.2. The Hall–Kier alpha value is -2.51. The minimum Gasteiger partial charge on any atom is -0.494 e. The SMILES string of the molecule is CCOc1ccc(C(=O)N(CCC[NH+](C)C)c2nc3ccc(F)cc3s2)cc1. The molecule has 0 bridgehead atoms. The van der Waals surface area contributed by atoms with Crippen LogP contribution in [-0.4, -0.2) is 44.7 Å². The highest BCUT2D eigenvalue weighted by molar-refractivity contribution is 7.22. The van der Waals surface area contributed by atoms with Crippen LogP contribution in [0.15, 0.2) is 42.5 Å². The molecule has 0 aliphatic rings. The lowest BCUT2D eigenvalue weighted by Gasteiger charge is -2.20. The first-order valence-electron chi connectivity index (χ1n) is 9.37. The van der Waals surface area contributed by atoms with Gasteiger partial charge in [0.15, 0.2) is 5.13 Å². The molecule has 0 saturated carbocycles. The Bertz CT molecular complexity index is 940. The number of hydrogen-bond donors (Lipinski definition) is 1. The van der Waals surface area contributed by atoms with Crippen molar-refractivity contribution in [2.45, 2.75) is 13.3 Å². The quantitative estimate of drug-likeness (QED) is 0.630. The summed E-state index contributed by atoms with van der Waals surface area (Å²) in [5.41, 5.74) is 1.27. The largest absolute Gasteiger partial charge is 0.494 e. The minimum atomic E-state index is -0.303. The maximum absolute atomic E-state index is 13.5. The second kappa shape index (κ2) is 9.12. The highest BCUT2D eigenvalue weighted by atomic mass is 32.1. The van der Waals surface area contributed by atoms with Gasteiger partial charge in [0.1, 0.15) is 11.6 Å². The zero-order valence-corrected chi connectivity index (χ0v) is 17.2. The number of nitrogens with one attached hydrogen (secondary N) is 1. The van der Waals surface area contributed by atoms with Gasteiger partial charge in [0.25, 0.3) is 5.91 Å². The Morgan fingerprint density at radius 1 is 1.21 bits per heavy atom. The van der Waals surface area contributed by atoms with E-state index in [0.717, 1.165) is 23.4 Å². The summed E-state index contributed by atoms with van der Waals surface area (Å²) in [7, 11) is 4.16. The lowest BCUT2D eigenvalue weighted by Crippen LogP contribution is -3.05. The summed E-state index contributed by atoms with van der Waals surface area (Å²) >= 11 is 1.34. The van der Waals surface area contributed by atoms with E-state index in [0.29, 0.717) is 29.4 Å². The highest BCUT2D eigenvalue weighted by Crippen LogP contribution is 2.30. The summed E-state index contributed by atoms with van der Waals surface area (Å²) in [5, 5.41) is 0.591. The van der Waals surface area contributed by atoms with E-state index in [2.05, 4.69) is 19.1 Å². The number of fused-ring (bicyclic) bond motifs is 1. The van der Waals surface area contributed by atoms with Crippen LogP contribution in [0.25, 0.3) is 10.2 Å². The molecule has 28 heavy (non-hydrogen) atoms. The number of ether oxygens (including phenoxy) is 1. The van der Waals surface area contributed by atoms with Gasteiger partial charge >= 0.3 is 0 Å². The molecule has 1 N–H and O–H groups in total. The molecule has 0 fully saturated rings. The fourth-order valence-corrected chi connectivity index (χ4v) is 3.91. The number of quaternary nitrogens is 1. The van der Waals surface area contributed by atoms with Crippen molar-refractivity contribution >= 4 is 32.6 Å². The molecule has 0 unspecified atom stereocenters. The Morgan fingerprint density at radius 3 is 2.64 bits per heavy atom. The molecule has 148 valence electrons. The number of benzene rings is 2. The summed E-state index contributed by atoms with van der Waals surface area (Å²) in [6, 6.07) is 11.6. The Kier molecular flexibility index (Phi) is 6.59. The van der Waals surface area contributed by atoms with Crippen molar-refractivity contribution in [2.75, 3.05) is 38.7 Å². The fourth-order valence-electron chi connectivity index (χ4n) is 2.89. The first-order valence-corrected chi connectivity index (χ1v) is 10.2. The molecule has 3 aromatic rings. The number of thiazole rings is 1. The summed E-state index contributed by atoms with van der Waals surface area (Å²) in [6.07, 6.45) is 0.843. The second-order valence-corrected chi connectivity index (χ2v) is 7.84. The monoisotopic (exact) mass is 402 g/mol. The molecule has 1 amide bonds. The third-order valence-corrected chi connectivity index (χ3v) is 5.33. The van der Waals surface area contributed by atoms with Crippen molar-refractivity contribution in [3.63, 3.8) is 0 Å². The van der Waals surface area contributed by atoms with Gasteiger partial charge in [-0.1, -0.05) is 11.3 Å². The summed E-state index contributed by atoms with van der Waals surface area (Å²) < 4.78 is 19.7. The smallest absolute Gasteiger partial charge is 0.260 e. The molecule has 1 heterocycles. The van der Waals surface area contributed by atoms with Crippen LogP contribution in [0.5, 0.6) is 5.75 Å². The van der Waals surface area contributed by atoms with Gasteiger partial charge in [0.2, 0.25) is 0 Å². The van der Waals surface area contributed by atoms with Crippen LogP contribution in [0.1, 0.15) is 23.7 Å². The molecule has 7 heteroatoms. The Labute approximate surface area is 168 Å². The first kappa shape index (κ1) is 20.2. The van der Waals surface area contributed by atoms with Crippen LogP contribution in [0, 0.1) is 5.82 Å². The van der Waals surface area contributed by atoms with Crippen molar-refractivity contribution in [1.82, 2.24) is 4.98 Å². The summed E-state index contributed by atoms with van der Waals surface area (Å²) in [4.78, 5) is 20.8. The molecule has 0 spiro atoms. The van der Waals surface area contributed by atoms with Crippen LogP contribution < -0.4 is 14.5 Å². The molecule has 0 radical (unpaired) electrons. The van der Waals surface area contributed by atoms with Gasteiger partial charge in [-0.05, 0) is 49.4 Å². The topological polar surface area (TPSA) is 46.9 Å². The van der Waals surface area contributed by atoms with Crippen molar-refractivity contribution in [3.05, 3.63) is 53.8 Å². The lowest BCUT2D eigenvalue weighted by molar-refractivity contribution is -0.858. The maximum Gasteiger partial charge on any atom is 0.260 e. The summed E-state index contributed by atoms with van der Waals surface area (Å²) in [6.45, 7) is 3.99. The molecule has 0 aliphatic carbocycles. The van der Waals surface area contributed by atoms with E-state index in [9.17, 15) is 9.18 Å². The third-order valence-electron chi connectivity index (χ3n) is 4.29. The maximum atomic E-state index is 13.5. The van der Waals surface area contributed by atoms with E-state index in [1.54, 1.807) is 35.2 Å². The van der Waals surface area contributed by atoms with Crippen molar-refractivity contribution in [3.8, 4) is 5.75 Å². The summed E-state index contributed by atoms with van der Waals surface area (Å²) in [5.74, 6) is 0.317. The number of anilines is 1. The average Bonchev–Trinajstić information content (AvgIpc) is 3.08. The predicted molar refractivity (Wildman–Crippen MR) is 111 cm³/mol. The second-order valence-electron chi connectivity index (χ2n) is 6.83. The number of halogens is 1. The van der Waals surface area contributed by atoms with Crippen LogP contribution >= 0.6 is 11.3 Å². The molecular formula is C21H25FN3O2S+. The number of carbonyl (C=O) groups is 1. The van der Waals surface area contributed by atoms with Gasteiger partial charge in [-0.2, -0.15) is 0 Å². The van der Waals surface area contributed by atoms with Gasteiger partial charge in [0, 0.05) is 18.5 Å². The molecule has 0 atom stereocenters. The van der Waals surface area contributed by atoms with E-state index < -0.39 is 0 Å². The zero-order valence-electron chi connectivity index (χ0n) is 16.4. The van der Waals surface area contributed by atoms with Crippen molar-refractivity contribution in [2.24, 2.45) is 0 Å². The van der Waals surface area contributed by atoms with Crippen LogP contribution in [0.4, 0.5) is 9.52 Å². The van der Waals surface area contributed by atoms with Crippen molar-refractivity contribution in [1.29, 1.82) is 0 Å². The fraction of sp³-hybridized carbons (Fsp3) is 0.333. The Balaban J connectivity index is 1.89. The number of carbonyl (C=O) groups excluding carboxylic acids is 1. The standard InChI is InChI=1S/C21H24FN3O2S/c1-4-27-17-9-6-15(7-10-17)20(26)25(13-5-12-24(2)3)21-23-18-11-8-16(22)14-19(18)28-21/h6-11,14H,4-5,12-13H2,1-3H3/p+1. The predicted octanol–water partition coefficient (Wildman–Crippen LogP) is 3.02. The molecule has 3 rings (SSSR count). The van der Waals surface area contributed by atoms with E-state index in [1.807, 2.05) is 6.92 Å². The van der Waals surface area contributed by atoms with E-state index in [-0.39, 0.29) is 11.7 Å². The van der Waals surface area contributed by atoms with Crippen LogP contribution in [-0.2, 0) is 0 Å². The molecule has 5 nitrogen and oxygen atoms in total. The highest BCUT2D eigenvalue weighted by Gasteiger charge is 2.21. The molecule has 2 aromatic carbocycles. The number of rotatable bonds is 8. The number of nitrogens with zero attached hydrogens (tertiary/aromatic N) is 2. The molecule has 1 aromatic heterocycles. The molecule has 0 saturated heterocycles. The number of aromatic nitrogens is 1. The molecule has 0 aliphatic heterocycles. The first-order chi connectivity index (χ1) is 13.5. The Morgan fingerprint density at radius 2 is 1.96 bits per heavy atom. The van der Waals surface area contributed by atoms with E-state index >= 15 is 0 Å². The molecular weight excluding hydrogens is 377 g/mol. The normalized spacial score (nSPS) is 11.2. The van der Waals surface area contributed by atoms with E-state index in [1.165, 1.54) is 28.4 Å². The van der Waals surface area contributed by atoms with Crippen LogP contribution in [0.2, 0.25) is 0 Å². The average molecular weight is 403 g/mol. The van der Waals surface area contributed by atoms with Gasteiger partial charge < -0.3 is 9.64 Å². The van der Waals surface area contributed by atoms with Gasteiger partial charge in [0.05, 0.1) is 37.5 Å². The van der Waals surface area contributed by atoms with Gasteiger partial charge in [-0.15, -0.1) is 0 Å². The third kappa shape index (κ3) is 4.85. The minimum absolute atomic E-state index is 0.115.